The maximum absolute atomic E-state index is 12.2. The van der Waals surface area contributed by atoms with Gasteiger partial charge in [-0.15, -0.1) is 0 Å². The Labute approximate surface area is 107 Å². The van der Waals surface area contributed by atoms with Crippen molar-refractivity contribution in [2.24, 2.45) is 5.92 Å². The summed E-state index contributed by atoms with van der Waals surface area (Å²) >= 11 is 0. The molecule has 0 aliphatic carbocycles. The first-order valence-electron chi connectivity index (χ1n) is 6.12. The van der Waals surface area contributed by atoms with Crippen LogP contribution in [0.25, 0.3) is 0 Å². The Bertz CT molecular complexity index is 341. The second-order valence-corrected chi connectivity index (χ2v) is 5.44. The molecule has 0 aromatic carbocycles. The number of hydrogen-bond donors (Lipinski definition) is 2. The fourth-order valence-corrected chi connectivity index (χ4v) is 1.95. The average molecular weight is 258 g/mol. The number of carbonyl (C=O) groups is 2. The number of aliphatic carboxylic acids is 1. The number of carboxylic acid groups (broad SMARTS) is 1. The van der Waals surface area contributed by atoms with Gasteiger partial charge in [0.25, 0.3) is 0 Å². The fourth-order valence-electron chi connectivity index (χ4n) is 1.95. The number of likely N-dealkylation sites (tertiary alicyclic amines) is 1. The molecule has 0 saturated carbocycles. The standard InChI is InChI=1S/C12H22N2O4/c1-8(15)9-5-6-14(7-9)11(18)13(4)12(2,3)10(16)17/h8-9,15H,5-7H2,1-4H3,(H,16,17). The molecule has 1 heterocycles. The number of likely N-dealkylation sites (N-methyl/N-ethyl adjacent to an activating group) is 1. The number of aliphatic hydroxyl groups excluding tert-OH is 1. The van der Waals surface area contributed by atoms with E-state index < -0.39 is 17.6 Å². The third-order valence-corrected chi connectivity index (χ3v) is 3.83. The van der Waals surface area contributed by atoms with E-state index in [9.17, 15) is 14.7 Å². The summed E-state index contributed by atoms with van der Waals surface area (Å²) in [6.45, 7) is 5.75. The van der Waals surface area contributed by atoms with Crippen LogP contribution in [-0.4, -0.2) is 63.8 Å². The molecule has 0 aromatic rings. The molecule has 1 rings (SSSR count). The van der Waals surface area contributed by atoms with Crippen molar-refractivity contribution in [2.45, 2.75) is 38.8 Å². The molecule has 2 atom stereocenters. The number of urea groups is 1. The van der Waals surface area contributed by atoms with Crippen LogP contribution in [0.15, 0.2) is 0 Å². The molecule has 104 valence electrons. The van der Waals surface area contributed by atoms with E-state index in [-0.39, 0.29) is 11.9 Å². The Hall–Kier alpha value is -1.30. The molecule has 1 aliphatic rings. The summed E-state index contributed by atoms with van der Waals surface area (Å²) in [5.41, 5.74) is -1.24. The summed E-state index contributed by atoms with van der Waals surface area (Å²) < 4.78 is 0. The van der Waals surface area contributed by atoms with Crippen LogP contribution in [0.5, 0.6) is 0 Å². The molecular formula is C12H22N2O4. The molecule has 1 saturated heterocycles. The Morgan fingerprint density at radius 3 is 2.39 bits per heavy atom. The lowest BCUT2D eigenvalue weighted by Crippen LogP contribution is -2.54. The summed E-state index contributed by atoms with van der Waals surface area (Å²) in [5, 5.41) is 18.6. The monoisotopic (exact) mass is 258 g/mol. The quantitative estimate of drug-likeness (QED) is 0.777. The highest BCUT2D eigenvalue weighted by Crippen LogP contribution is 2.23. The molecule has 1 aliphatic heterocycles. The molecule has 0 aromatic heterocycles. The molecule has 6 heteroatoms. The summed E-state index contributed by atoms with van der Waals surface area (Å²) in [6.07, 6.45) is 0.311. The number of hydrogen-bond acceptors (Lipinski definition) is 3. The minimum atomic E-state index is -1.24. The SMILES string of the molecule is CC(O)C1CCN(C(=O)N(C)C(C)(C)C(=O)O)C1. The predicted molar refractivity (Wildman–Crippen MR) is 66.2 cm³/mol. The van der Waals surface area contributed by atoms with E-state index in [1.165, 1.54) is 25.8 Å². The van der Waals surface area contributed by atoms with Crippen molar-refractivity contribution >= 4 is 12.0 Å². The zero-order valence-electron chi connectivity index (χ0n) is 11.4. The van der Waals surface area contributed by atoms with Crippen LogP contribution in [0, 0.1) is 5.92 Å². The number of nitrogens with zero attached hydrogens (tertiary/aromatic N) is 2. The number of amides is 2. The maximum atomic E-state index is 12.2. The van der Waals surface area contributed by atoms with Gasteiger partial charge in [-0.25, -0.2) is 9.59 Å². The lowest BCUT2D eigenvalue weighted by Gasteiger charge is -2.34. The van der Waals surface area contributed by atoms with Gasteiger partial charge in [0.15, 0.2) is 0 Å². The molecular weight excluding hydrogens is 236 g/mol. The Kier molecular flexibility index (Phi) is 4.21. The van der Waals surface area contributed by atoms with Gasteiger partial charge in [-0.05, 0) is 27.2 Å². The van der Waals surface area contributed by atoms with Gasteiger partial charge >= 0.3 is 12.0 Å². The van der Waals surface area contributed by atoms with Crippen LogP contribution in [-0.2, 0) is 4.79 Å². The summed E-state index contributed by atoms with van der Waals surface area (Å²) in [5.74, 6) is -0.958. The number of aliphatic hydroxyl groups is 1. The molecule has 2 amide bonds. The van der Waals surface area contributed by atoms with Gasteiger partial charge in [0, 0.05) is 26.1 Å². The van der Waals surface area contributed by atoms with Crippen LogP contribution >= 0.6 is 0 Å². The van der Waals surface area contributed by atoms with Gasteiger partial charge in [0.2, 0.25) is 0 Å². The van der Waals surface area contributed by atoms with Crippen LogP contribution in [0.2, 0.25) is 0 Å². The zero-order valence-corrected chi connectivity index (χ0v) is 11.4. The largest absolute Gasteiger partial charge is 0.480 e. The highest BCUT2D eigenvalue weighted by molar-refractivity contribution is 5.85. The van der Waals surface area contributed by atoms with E-state index in [0.717, 1.165) is 6.42 Å². The van der Waals surface area contributed by atoms with Crippen molar-refractivity contribution in [3.8, 4) is 0 Å². The third-order valence-electron chi connectivity index (χ3n) is 3.83. The second kappa shape index (κ2) is 5.14. The van der Waals surface area contributed by atoms with E-state index in [4.69, 9.17) is 5.11 Å². The van der Waals surface area contributed by atoms with Gasteiger partial charge in [-0.3, -0.25) is 0 Å². The van der Waals surface area contributed by atoms with Gasteiger partial charge < -0.3 is 20.0 Å². The van der Waals surface area contributed by atoms with Gasteiger partial charge in [-0.1, -0.05) is 0 Å². The van der Waals surface area contributed by atoms with Crippen molar-refractivity contribution in [1.29, 1.82) is 0 Å². The number of carboxylic acids is 1. The summed E-state index contributed by atoms with van der Waals surface area (Å²) in [6, 6.07) is -0.300. The van der Waals surface area contributed by atoms with Gasteiger partial charge in [0.05, 0.1) is 6.10 Å². The number of carbonyl (C=O) groups excluding carboxylic acids is 1. The van der Waals surface area contributed by atoms with Crippen LogP contribution in [0.1, 0.15) is 27.2 Å². The van der Waals surface area contributed by atoms with Crippen molar-refractivity contribution in [3.05, 3.63) is 0 Å². The van der Waals surface area contributed by atoms with E-state index >= 15 is 0 Å². The smallest absolute Gasteiger partial charge is 0.329 e. The molecule has 6 nitrogen and oxygen atoms in total. The highest BCUT2D eigenvalue weighted by atomic mass is 16.4. The maximum Gasteiger partial charge on any atom is 0.329 e. The van der Waals surface area contributed by atoms with Crippen molar-refractivity contribution in [1.82, 2.24) is 9.80 Å². The summed E-state index contributed by atoms with van der Waals surface area (Å²) in [7, 11) is 1.49. The fraction of sp³-hybridized carbons (Fsp3) is 0.833. The Morgan fingerprint density at radius 2 is 2.00 bits per heavy atom. The molecule has 0 radical (unpaired) electrons. The lowest BCUT2D eigenvalue weighted by molar-refractivity contribution is -0.147. The molecule has 1 fully saturated rings. The Morgan fingerprint density at radius 1 is 1.44 bits per heavy atom. The van der Waals surface area contributed by atoms with E-state index in [0.29, 0.717) is 13.1 Å². The predicted octanol–water partition coefficient (Wildman–Crippen LogP) is 0.604. The average Bonchev–Trinajstić information content (AvgIpc) is 2.76. The van der Waals surface area contributed by atoms with Crippen LogP contribution < -0.4 is 0 Å². The summed E-state index contributed by atoms with van der Waals surface area (Å²) in [4.78, 5) is 26.1. The van der Waals surface area contributed by atoms with Crippen LogP contribution in [0.3, 0.4) is 0 Å². The van der Waals surface area contributed by atoms with Gasteiger partial charge in [0.1, 0.15) is 5.54 Å². The van der Waals surface area contributed by atoms with Gasteiger partial charge in [-0.2, -0.15) is 0 Å². The highest BCUT2D eigenvalue weighted by Gasteiger charge is 2.39. The first-order valence-corrected chi connectivity index (χ1v) is 6.12. The lowest BCUT2D eigenvalue weighted by atomic mass is 10.0. The Balaban J connectivity index is 2.69. The van der Waals surface area contributed by atoms with Crippen molar-refractivity contribution in [2.75, 3.05) is 20.1 Å². The third kappa shape index (κ3) is 2.75. The topological polar surface area (TPSA) is 81.1 Å². The van der Waals surface area contributed by atoms with Crippen LogP contribution in [0.4, 0.5) is 4.79 Å². The second-order valence-electron chi connectivity index (χ2n) is 5.44. The normalized spacial score (nSPS) is 21.8. The minimum absolute atomic E-state index is 0.0790. The molecule has 2 N–H and O–H groups in total. The minimum Gasteiger partial charge on any atom is -0.480 e. The van der Waals surface area contributed by atoms with Crippen molar-refractivity contribution < 1.29 is 19.8 Å². The zero-order chi connectivity index (χ0) is 14.1. The van der Waals surface area contributed by atoms with Crippen molar-refractivity contribution in [3.63, 3.8) is 0 Å². The first-order chi connectivity index (χ1) is 8.17. The van der Waals surface area contributed by atoms with E-state index in [1.54, 1.807) is 11.8 Å². The molecule has 0 bridgehead atoms. The molecule has 0 spiro atoms. The van der Waals surface area contributed by atoms with E-state index in [1.807, 2.05) is 0 Å². The molecule has 2 unspecified atom stereocenters. The number of rotatable bonds is 3. The first kappa shape index (κ1) is 14.8. The van der Waals surface area contributed by atoms with E-state index in [2.05, 4.69) is 0 Å². The molecule has 18 heavy (non-hydrogen) atoms.